The lowest BCUT2D eigenvalue weighted by molar-refractivity contribution is -0.148. The largest absolute Gasteiger partial charge is 0.469 e. The van der Waals surface area contributed by atoms with Crippen LogP contribution < -0.4 is 21.5 Å². The van der Waals surface area contributed by atoms with E-state index in [9.17, 15) is 9.59 Å². The Morgan fingerprint density at radius 1 is 1.16 bits per heavy atom. The topological polar surface area (TPSA) is 94.7 Å². The molecule has 8 nitrogen and oxygen atoms in total. The number of amides is 1. The smallest absolute Gasteiger partial charge is 0.310 e. The molecule has 2 saturated heterocycles. The predicted octanol–water partition coefficient (Wildman–Crippen LogP) is -0.474. The van der Waals surface area contributed by atoms with Crippen LogP contribution in [0.4, 0.5) is 0 Å². The van der Waals surface area contributed by atoms with Crippen LogP contribution in [-0.4, -0.2) is 61.9 Å². The van der Waals surface area contributed by atoms with Gasteiger partial charge in [0, 0.05) is 25.8 Å². The Hall–Kier alpha value is -1.22. The summed E-state index contributed by atoms with van der Waals surface area (Å²) in [6.07, 6.45) is 4.60. The van der Waals surface area contributed by atoms with Gasteiger partial charge in [0.2, 0.25) is 5.91 Å². The van der Waals surface area contributed by atoms with Gasteiger partial charge in [0.05, 0.1) is 19.2 Å². The molecule has 2 heterocycles. The van der Waals surface area contributed by atoms with Gasteiger partial charge in [-0.15, -0.1) is 0 Å². The molecule has 0 spiro atoms. The van der Waals surface area contributed by atoms with Crippen molar-refractivity contribution in [3.8, 4) is 0 Å². The quantitative estimate of drug-likeness (QED) is 0.508. The number of nitrogens with one attached hydrogen (secondary N) is 4. The molecule has 2 aliphatic heterocycles. The number of methoxy groups -OCH3 is 1. The van der Waals surface area contributed by atoms with Gasteiger partial charge >= 0.3 is 5.97 Å². The highest BCUT2D eigenvalue weighted by Crippen LogP contribution is 2.30. The molecule has 0 radical (unpaired) electrons. The Bertz CT molecular complexity index is 475. The molecular formula is C17H31N5O3. The summed E-state index contributed by atoms with van der Waals surface area (Å²) in [6.45, 7) is 5.07. The van der Waals surface area contributed by atoms with Crippen molar-refractivity contribution in [1.82, 2.24) is 26.4 Å². The van der Waals surface area contributed by atoms with Gasteiger partial charge in [0.25, 0.3) is 0 Å². The highest BCUT2D eigenvalue weighted by atomic mass is 16.5. The van der Waals surface area contributed by atoms with Crippen molar-refractivity contribution in [3.05, 3.63) is 0 Å². The molecule has 0 aromatic carbocycles. The third-order valence-electron chi connectivity index (χ3n) is 5.74. The molecule has 1 saturated carbocycles. The molecule has 142 valence electrons. The Labute approximate surface area is 149 Å². The highest BCUT2D eigenvalue weighted by Gasteiger charge is 2.37. The lowest BCUT2D eigenvalue weighted by atomic mass is 9.78. The molecule has 25 heavy (non-hydrogen) atoms. The van der Waals surface area contributed by atoms with E-state index in [2.05, 4.69) is 33.3 Å². The van der Waals surface area contributed by atoms with Crippen molar-refractivity contribution in [2.45, 2.75) is 57.3 Å². The first-order valence-corrected chi connectivity index (χ1v) is 9.42. The number of rotatable bonds is 4. The molecule has 5 atom stereocenters. The lowest BCUT2D eigenvalue weighted by Crippen LogP contribution is -2.62. The first-order valence-electron chi connectivity index (χ1n) is 9.42. The SMILES string of the molecule is COC(=O)C1CC(C)CCC1NC(=O)C1CCC(N2CCNC2)NN1. The van der Waals surface area contributed by atoms with Crippen LogP contribution in [0.5, 0.6) is 0 Å². The van der Waals surface area contributed by atoms with E-state index in [1.165, 1.54) is 7.11 Å². The summed E-state index contributed by atoms with van der Waals surface area (Å²) >= 11 is 0. The first-order chi connectivity index (χ1) is 12.1. The molecule has 1 amide bonds. The fraction of sp³-hybridized carbons (Fsp3) is 0.882. The molecule has 0 bridgehead atoms. The van der Waals surface area contributed by atoms with Gasteiger partial charge in [-0.25, -0.2) is 10.9 Å². The number of hydrazine groups is 1. The number of ether oxygens (including phenoxy) is 1. The third-order valence-corrected chi connectivity index (χ3v) is 5.74. The van der Waals surface area contributed by atoms with E-state index in [0.29, 0.717) is 5.92 Å². The molecular weight excluding hydrogens is 322 g/mol. The van der Waals surface area contributed by atoms with Crippen LogP contribution in [0, 0.1) is 11.8 Å². The lowest BCUT2D eigenvalue weighted by Gasteiger charge is -2.37. The molecule has 3 aliphatic rings. The summed E-state index contributed by atoms with van der Waals surface area (Å²) in [5.74, 6) is 0.00588. The monoisotopic (exact) mass is 353 g/mol. The van der Waals surface area contributed by atoms with E-state index >= 15 is 0 Å². The number of hydrogen-bond donors (Lipinski definition) is 4. The van der Waals surface area contributed by atoms with Crippen LogP contribution in [0.25, 0.3) is 0 Å². The Morgan fingerprint density at radius 3 is 2.64 bits per heavy atom. The van der Waals surface area contributed by atoms with E-state index in [1.807, 2.05) is 0 Å². The van der Waals surface area contributed by atoms with Crippen LogP contribution in [0.2, 0.25) is 0 Å². The second-order valence-electron chi connectivity index (χ2n) is 7.57. The van der Waals surface area contributed by atoms with Crippen LogP contribution in [-0.2, 0) is 14.3 Å². The summed E-state index contributed by atoms with van der Waals surface area (Å²) in [5.41, 5.74) is 6.42. The molecule has 8 heteroatoms. The van der Waals surface area contributed by atoms with Gasteiger partial charge < -0.3 is 15.4 Å². The number of nitrogens with zero attached hydrogens (tertiary/aromatic N) is 1. The second-order valence-corrected chi connectivity index (χ2v) is 7.57. The van der Waals surface area contributed by atoms with Gasteiger partial charge in [-0.05, 0) is 38.0 Å². The first kappa shape index (κ1) is 18.6. The highest BCUT2D eigenvalue weighted by molar-refractivity contribution is 5.83. The minimum Gasteiger partial charge on any atom is -0.469 e. The zero-order valence-electron chi connectivity index (χ0n) is 15.2. The summed E-state index contributed by atoms with van der Waals surface area (Å²) in [7, 11) is 1.42. The van der Waals surface area contributed by atoms with Gasteiger partial charge in [-0.3, -0.25) is 14.5 Å². The van der Waals surface area contributed by atoms with Crippen molar-refractivity contribution in [3.63, 3.8) is 0 Å². The Balaban J connectivity index is 1.50. The average molecular weight is 353 g/mol. The van der Waals surface area contributed by atoms with Gasteiger partial charge in [-0.1, -0.05) is 6.92 Å². The maximum Gasteiger partial charge on any atom is 0.310 e. The fourth-order valence-electron chi connectivity index (χ4n) is 4.18. The number of hydrogen-bond acceptors (Lipinski definition) is 7. The van der Waals surface area contributed by atoms with E-state index in [-0.39, 0.29) is 36.0 Å². The Kier molecular flexibility index (Phi) is 6.27. The minimum atomic E-state index is -0.260. The van der Waals surface area contributed by atoms with Crippen LogP contribution >= 0.6 is 0 Å². The Morgan fingerprint density at radius 2 is 2.00 bits per heavy atom. The third kappa shape index (κ3) is 4.49. The van der Waals surface area contributed by atoms with Crippen molar-refractivity contribution in [1.29, 1.82) is 0 Å². The summed E-state index contributed by atoms with van der Waals surface area (Å²) in [4.78, 5) is 27.0. The van der Waals surface area contributed by atoms with Crippen LogP contribution in [0.15, 0.2) is 0 Å². The molecule has 3 fully saturated rings. The normalized spacial score (nSPS) is 36.8. The molecule has 3 rings (SSSR count). The van der Waals surface area contributed by atoms with E-state index in [4.69, 9.17) is 4.74 Å². The number of carbonyl (C=O) groups excluding carboxylic acids is 2. The molecule has 0 aromatic heterocycles. The van der Waals surface area contributed by atoms with Crippen molar-refractivity contribution in [2.24, 2.45) is 11.8 Å². The summed E-state index contributed by atoms with van der Waals surface area (Å²) in [5, 5.41) is 6.41. The maximum absolute atomic E-state index is 12.6. The van der Waals surface area contributed by atoms with Gasteiger partial charge in [-0.2, -0.15) is 0 Å². The minimum absolute atomic E-state index is 0.0287. The van der Waals surface area contributed by atoms with Gasteiger partial charge in [0.1, 0.15) is 6.04 Å². The van der Waals surface area contributed by atoms with Gasteiger partial charge in [0.15, 0.2) is 0 Å². The van der Waals surface area contributed by atoms with Crippen LogP contribution in [0.3, 0.4) is 0 Å². The second kappa shape index (κ2) is 8.44. The van der Waals surface area contributed by atoms with E-state index < -0.39 is 0 Å². The van der Waals surface area contributed by atoms with E-state index in [0.717, 1.165) is 51.9 Å². The van der Waals surface area contributed by atoms with Crippen molar-refractivity contribution >= 4 is 11.9 Å². The number of carbonyl (C=O) groups is 2. The molecule has 1 aliphatic carbocycles. The number of esters is 1. The summed E-state index contributed by atoms with van der Waals surface area (Å²) in [6, 6.07) is -0.386. The predicted molar refractivity (Wildman–Crippen MR) is 93.1 cm³/mol. The molecule has 5 unspecified atom stereocenters. The molecule has 0 aromatic rings. The average Bonchev–Trinajstić information content (AvgIpc) is 3.17. The molecule has 4 N–H and O–H groups in total. The fourth-order valence-corrected chi connectivity index (χ4v) is 4.18. The maximum atomic E-state index is 12.6. The van der Waals surface area contributed by atoms with Crippen molar-refractivity contribution < 1.29 is 14.3 Å². The zero-order chi connectivity index (χ0) is 17.8. The zero-order valence-corrected chi connectivity index (χ0v) is 15.2. The standard InChI is InChI=1S/C17H31N5O3/c1-11-3-4-13(12(9-11)17(24)25-2)19-16(23)14-5-6-15(21-20-14)22-8-7-18-10-22/h11-15,18,20-21H,3-10H2,1-2H3,(H,19,23). The van der Waals surface area contributed by atoms with Crippen molar-refractivity contribution in [2.75, 3.05) is 26.9 Å². The van der Waals surface area contributed by atoms with E-state index in [1.54, 1.807) is 0 Å². The summed E-state index contributed by atoms with van der Waals surface area (Å²) < 4.78 is 4.94. The van der Waals surface area contributed by atoms with Crippen LogP contribution in [0.1, 0.15) is 39.0 Å².